The van der Waals surface area contributed by atoms with E-state index in [2.05, 4.69) is 5.32 Å². The van der Waals surface area contributed by atoms with E-state index in [-0.39, 0.29) is 11.9 Å². The molecule has 104 valence electrons. The van der Waals surface area contributed by atoms with Crippen LogP contribution < -0.4 is 10.1 Å². The summed E-state index contributed by atoms with van der Waals surface area (Å²) in [4.78, 5) is 0. The average Bonchev–Trinajstić information content (AvgIpc) is 2.78. The summed E-state index contributed by atoms with van der Waals surface area (Å²) in [6.45, 7) is 2.72. The molecule has 0 aromatic heterocycles. The van der Waals surface area contributed by atoms with Gasteiger partial charge in [-0.25, -0.2) is 4.39 Å². The molecule has 2 nitrogen and oxygen atoms in total. The Kier molecular flexibility index (Phi) is 3.45. The number of halogens is 1. The van der Waals surface area contributed by atoms with Gasteiger partial charge in [-0.15, -0.1) is 0 Å². The zero-order chi connectivity index (χ0) is 14.1. The van der Waals surface area contributed by atoms with Gasteiger partial charge in [0.25, 0.3) is 0 Å². The highest BCUT2D eigenvalue weighted by molar-refractivity contribution is 5.67. The number of ether oxygens (including phenoxy) is 1. The van der Waals surface area contributed by atoms with Gasteiger partial charge < -0.3 is 10.1 Å². The number of nitrogens with one attached hydrogen (secondary N) is 1. The fourth-order valence-corrected chi connectivity index (χ4v) is 2.70. The lowest BCUT2D eigenvalue weighted by molar-refractivity contribution is 0.254. The predicted octanol–water partition coefficient (Wildman–Crippen LogP) is 3.54. The van der Waals surface area contributed by atoms with Crippen molar-refractivity contribution in [2.24, 2.45) is 0 Å². The van der Waals surface area contributed by atoms with E-state index in [4.69, 9.17) is 4.74 Å². The van der Waals surface area contributed by atoms with Crippen LogP contribution in [-0.2, 0) is 13.0 Å². The minimum Gasteiger partial charge on any atom is -0.490 e. The third-order valence-electron chi connectivity index (χ3n) is 3.62. The number of fused-ring (bicyclic) bond motifs is 1. The lowest BCUT2D eigenvalue weighted by atomic mass is 9.99. The molecule has 20 heavy (non-hydrogen) atoms. The van der Waals surface area contributed by atoms with Crippen LogP contribution in [0.5, 0.6) is 5.75 Å². The first-order valence-electron chi connectivity index (χ1n) is 6.90. The van der Waals surface area contributed by atoms with Crippen molar-refractivity contribution < 1.29 is 9.13 Å². The quantitative estimate of drug-likeness (QED) is 0.922. The number of benzene rings is 2. The number of hydrogen-bond donors (Lipinski definition) is 1. The zero-order valence-corrected chi connectivity index (χ0v) is 11.7. The van der Waals surface area contributed by atoms with Crippen LogP contribution in [0.15, 0.2) is 36.4 Å². The molecule has 0 saturated heterocycles. The lowest BCUT2D eigenvalue weighted by Crippen LogP contribution is -2.05. The van der Waals surface area contributed by atoms with E-state index in [1.54, 1.807) is 6.07 Å². The largest absolute Gasteiger partial charge is 0.490 e. The molecule has 1 atom stereocenters. The van der Waals surface area contributed by atoms with Crippen molar-refractivity contribution in [3.8, 4) is 16.9 Å². The minimum atomic E-state index is -0.176. The molecule has 0 fully saturated rings. The second-order valence-corrected chi connectivity index (χ2v) is 5.30. The molecule has 0 aliphatic carbocycles. The molecule has 1 heterocycles. The average molecular weight is 271 g/mol. The van der Waals surface area contributed by atoms with Crippen LogP contribution in [0.2, 0.25) is 0 Å². The maximum absolute atomic E-state index is 14.2. The minimum absolute atomic E-state index is 0.176. The highest BCUT2D eigenvalue weighted by Crippen LogP contribution is 2.33. The first-order valence-corrected chi connectivity index (χ1v) is 6.90. The van der Waals surface area contributed by atoms with Crippen molar-refractivity contribution in [3.05, 3.63) is 53.3 Å². The Labute approximate surface area is 118 Å². The molecule has 2 aromatic carbocycles. The Morgan fingerprint density at radius 1 is 1.25 bits per heavy atom. The molecule has 0 saturated carbocycles. The third kappa shape index (κ3) is 2.41. The van der Waals surface area contributed by atoms with E-state index < -0.39 is 0 Å². The van der Waals surface area contributed by atoms with Gasteiger partial charge in [0.15, 0.2) is 0 Å². The van der Waals surface area contributed by atoms with Gasteiger partial charge in [0.1, 0.15) is 17.7 Å². The normalized spacial score (nSPS) is 16.9. The lowest BCUT2D eigenvalue weighted by Gasteiger charge is -2.08. The Hall–Kier alpha value is -1.87. The molecule has 1 aliphatic heterocycles. The van der Waals surface area contributed by atoms with Crippen LogP contribution in [0, 0.1) is 5.82 Å². The summed E-state index contributed by atoms with van der Waals surface area (Å²) in [5.41, 5.74) is 3.67. The van der Waals surface area contributed by atoms with E-state index in [1.807, 2.05) is 44.3 Å². The van der Waals surface area contributed by atoms with Gasteiger partial charge >= 0.3 is 0 Å². The van der Waals surface area contributed by atoms with Crippen molar-refractivity contribution in [2.45, 2.75) is 26.0 Å². The molecule has 2 aromatic rings. The topological polar surface area (TPSA) is 21.3 Å². The van der Waals surface area contributed by atoms with E-state index in [0.717, 1.165) is 28.9 Å². The fourth-order valence-electron chi connectivity index (χ4n) is 2.70. The summed E-state index contributed by atoms with van der Waals surface area (Å²) in [7, 11) is 1.85. The predicted molar refractivity (Wildman–Crippen MR) is 78.4 cm³/mol. The van der Waals surface area contributed by atoms with Gasteiger partial charge in [-0.3, -0.25) is 0 Å². The molecule has 3 rings (SSSR count). The van der Waals surface area contributed by atoms with Gasteiger partial charge in [-0.1, -0.05) is 18.2 Å². The molecular formula is C17H18FNO. The molecule has 1 unspecified atom stereocenters. The third-order valence-corrected chi connectivity index (χ3v) is 3.62. The van der Waals surface area contributed by atoms with Crippen molar-refractivity contribution in [2.75, 3.05) is 7.05 Å². The molecular weight excluding hydrogens is 253 g/mol. The Balaban J connectivity index is 1.96. The van der Waals surface area contributed by atoms with Crippen molar-refractivity contribution in [3.63, 3.8) is 0 Å². The molecule has 1 aliphatic rings. The standard InChI is InChI=1S/C17H18FNO/c1-11-7-14-9-13(4-6-17(14)20-11)15-5-3-12(10-19-2)8-16(15)18/h3-6,8-9,11,19H,7,10H2,1-2H3. The van der Waals surface area contributed by atoms with Crippen LogP contribution in [-0.4, -0.2) is 13.2 Å². The van der Waals surface area contributed by atoms with Crippen molar-refractivity contribution in [1.82, 2.24) is 5.32 Å². The molecule has 3 heteroatoms. The van der Waals surface area contributed by atoms with Gasteiger partial charge in [0.05, 0.1) is 0 Å². The SMILES string of the molecule is CNCc1ccc(-c2ccc3c(c2)CC(C)O3)c(F)c1. The maximum atomic E-state index is 14.2. The number of rotatable bonds is 3. The highest BCUT2D eigenvalue weighted by Gasteiger charge is 2.19. The summed E-state index contributed by atoms with van der Waals surface area (Å²) in [6.07, 6.45) is 1.10. The van der Waals surface area contributed by atoms with Gasteiger partial charge in [-0.2, -0.15) is 0 Å². The van der Waals surface area contributed by atoms with Gasteiger partial charge in [0.2, 0.25) is 0 Å². The van der Waals surface area contributed by atoms with Gasteiger partial charge in [-0.05, 0) is 48.9 Å². The molecule has 1 N–H and O–H groups in total. The van der Waals surface area contributed by atoms with Crippen molar-refractivity contribution in [1.29, 1.82) is 0 Å². The summed E-state index contributed by atoms with van der Waals surface area (Å²) < 4.78 is 19.9. The highest BCUT2D eigenvalue weighted by atomic mass is 19.1. The van der Waals surface area contributed by atoms with Gasteiger partial charge in [0, 0.05) is 18.5 Å². The van der Waals surface area contributed by atoms with Crippen LogP contribution in [0.4, 0.5) is 4.39 Å². The Morgan fingerprint density at radius 3 is 2.85 bits per heavy atom. The van der Waals surface area contributed by atoms with Crippen LogP contribution in [0.1, 0.15) is 18.1 Å². The summed E-state index contributed by atoms with van der Waals surface area (Å²) in [5, 5.41) is 3.03. The molecule has 0 spiro atoms. The first kappa shape index (κ1) is 13.1. The zero-order valence-electron chi connectivity index (χ0n) is 11.7. The second kappa shape index (κ2) is 5.25. The van der Waals surface area contributed by atoms with Crippen LogP contribution in [0.3, 0.4) is 0 Å². The van der Waals surface area contributed by atoms with Crippen molar-refractivity contribution >= 4 is 0 Å². The molecule has 0 amide bonds. The molecule has 0 radical (unpaired) electrons. The van der Waals surface area contributed by atoms with Crippen LogP contribution in [0.25, 0.3) is 11.1 Å². The Morgan fingerprint density at radius 2 is 2.10 bits per heavy atom. The molecule has 0 bridgehead atoms. The van der Waals surface area contributed by atoms with E-state index in [0.29, 0.717) is 12.1 Å². The fraction of sp³-hybridized carbons (Fsp3) is 0.294. The Bertz CT molecular complexity index is 639. The number of hydrogen-bond acceptors (Lipinski definition) is 2. The monoisotopic (exact) mass is 271 g/mol. The van der Waals surface area contributed by atoms with E-state index >= 15 is 0 Å². The summed E-state index contributed by atoms with van der Waals surface area (Å²) >= 11 is 0. The smallest absolute Gasteiger partial charge is 0.131 e. The van der Waals surface area contributed by atoms with Crippen LogP contribution >= 0.6 is 0 Å². The maximum Gasteiger partial charge on any atom is 0.131 e. The first-order chi connectivity index (χ1) is 9.67. The van der Waals surface area contributed by atoms with E-state index in [9.17, 15) is 4.39 Å². The summed E-state index contributed by atoms with van der Waals surface area (Å²) in [6, 6.07) is 11.3. The van der Waals surface area contributed by atoms with E-state index in [1.165, 1.54) is 0 Å². The second-order valence-electron chi connectivity index (χ2n) is 5.30. The summed E-state index contributed by atoms with van der Waals surface area (Å²) in [5.74, 6) is 0.748.